The van der Waals surface area contributed by atoms with Crippen molar-refractivity contribution in [3.8, 4) is 5.69 Å². The first-order chi connectivity index (χ1) is 14.9. The van der Waals surface area contributed by atoms with Gasteiger partial charge in [-0.15, -0.1) is 0 Å². The average molecular weight is 435 g/mol. The van der Waals surface area contributed by atoms with Crippen molar-refractivity contribution in [2.45, 2.75) is 19.9 Å². The number of halogens is 1. The number of amides is 1. The summed E-state index contributed by atoms with van der Waals surface area (Å²) in [7, 11) is 0. The third-order valence-electron chi connectivity index (χ3n) is 5.82. The first-order valence-corrected chi connectivity index (χ1v) is 10.3. The van der Waals surface area contributed by atoms with Crippen molar-refractivity contribution in [1.82, 2.24) is 19.7 Å². The van der Waals surface area contributed by atoms with Gasteiger partial charge in [-0.05, 0) is 49.4 Å². The number of carboxylic acid groups (broad SMARTS) is 1. The maximum Gasteiger partial charge on any atom is 0.339 e. The molecule has 0 radical (unpaired) electrons. The predicted molar refractivity (Wildman–Crippen MR) is 117 cm³/mol. The molecule has 2 aromatic heterocycles. The summed E-state index contributed by atoms with van der Waals surface area (Å²) in [6.45, 7) is 2.86. The zero-order chi connectivity index (χ0) is 21.7. The van der Waals surface area contributed by atoms with E-state index in [1.807, 2.05) is 23.1 Å². The van der Waals surface area contributed by atoms with Crippen molar-refractivity contribution >= 4 is 34.4 Å². The number of aromatic nitrogens is 3. The second-order valence-electron chi connectivity index (χ2n) is 7.66. The van der Waals surface area contributed by atoms with Crippen LogP contribution in [0.1, 0.15) is 37.7 Å². The minimum atomic E-state index is -1.02. The molecule has 8 heteroatoms. The van der Waals surface area contributed by atoms with E-state index in [1.54, 1.807) is 35.9 Å². The first-order valence-electron chi connectivity index (χ1n) is 9.89. The number of benzene rings is 2. The van der Waals surface area contributed by atoms with Gasteiger partial charge in [-0.2, -0.15) is 5.10 Å². The fourth-order valence-corrected chi connectivity index (χ4v) is 4.34. The molecule has 0 fully saturated rings. The van der Waals surface area contributed by atoms with E-state index in [4.69, 9.17) is 11.6 Å². The van der Waals surface area contributed by atoms with Crippen LogP contribution in [-0.2, 0) is 13.0 Å². The van der Waals surface area contributed by atoms with Crippen LogP contribution in [0.25, 0.3) is 16.6 Å². The smallest absolute Gasteiger partial charge is 0.339 e. The number of aromatic amines is 1. The van der Waals surface area contributed by atoms with Crippen LogP contribution >= 0.6 is 11.6 Å². The molecule has 1 aliphatic rings. The van der Waals surface area contributed by atoms with Gasteiger partial charge in [0.1, 0.15) is 5.56 Å². The molecule has 0 unspecified atom stereocenters. The molecule has 0 spiro atoms. The van der Waals surface area contributed by atoms with Crippen LogP contribution < -0.4 is 0 Å². The maximum absolute atomic E-state index is 13.1. The topological polar surface area (TPSA) is 91.2 Å². The molecule has 1 amide bonds. The Labute approximate surface area is 182 Å². The summed E-state index contributed by atoms with van der Waals surface area (Å²) in [5, 5.41) is 15.1. The molecule has 0 aliphatic carbocycles. The Morgan fingerprint density at radius 3 is 2.65 bits per heavy atom. The van der Waals surface area contributed by atoms with Gasteiger partial charge in [0.2, 0.25) is 0 Å². The summed E-state index contributed by atoms with van der Waals surface area (Å²) in [6.07, 6.45) is 2.09. The summed E-state index contributed by atoms with van der Waals surface area (Å²) in [4.78, 5) is 29.6. The molecule has 0 bridgehead atoms. The predicted octanol–water partition coefficient (Wildman–Crippen LogP) is 4.21. The molecule has 31 heavy (non-hydrogen) atoms. The van der Waals surface area contributed by atoms with Gasteiger partial charge < -0.3 is 15.0 Å². The van der Waals surface area contributed by atoms with Crippen LogP contribution in [-0.4, -0.2) is 43.2 Å². The van der Waals surface area contributed by atoms with Crippen molar-refractivity contribution in [3.63, 3.8) is 0 Å². The Kier molecular flexibility index (Phi) is 4.55. The number of H-pyrrole nitrogens is 1. The van der Waals surface area contributed by atoms with E-state index in [-0.39, 0.29) is 11.5 Å². The second kappa shape index (κ2) is 7.28. The lowest BCUT2D eigenvalue weighted by Gasteiger charge is -2.27. The van der Waals surface area contributed by atoms with E-state index in [9.17, 15) is 14.7 Å². The molecule has 1 aliphatic heterocycles. The Morgan fingerprint density at radius 2 is 1.94 bits per heavy atom. The van der Waals surface area contributed by atoms with Gasteiger partial charge in [0.25, 0.3) is 5.91 Å². The summed E-state index contributed by atoms with van der Waals surface area (Å²) < 4.78 is 1.56. The third-order valence-corrected chi connectivity index (χ3v) is 6.06. The monoisotopic (exact) mass is 434 g/mol. The molecule has 0 atom stereocenters. The third kappa shape index (κ3) is 3.27. The number of aromatic carboxylic acids is 1. The van der Waals surface area contributed by atoms with Gasteiger partial charge >= 0.3 is 5.97 Å². The number of rotatable bonds is 3. The van der Waals surface area contributed by atoms with E-state index in [0.717, 1.165) is 28.6 Å². The normalized spacial score (nSPS) is 13.4. The van der Waals surface area contributed by atoms with Crippen LogP contribution in [0.5, 0.6) is 0 Å². The highest BCUT2D eigenvalue weighted by Gasteiger charge is 2.25. The lowest BCUT2D eigenvalue weighted by molar-refractivity contribution is 0.0694. The maximum atomic E-state index is 13.1. The number of hydrogen-bond donors (Lipinski definition) is 2. The first kappa shape index (κ1) is 19.4. The molecule has 7 nitrogen and oxygen atoms in total. The average Bonchev–Trinajstić information content (AvgIpc) is 3.33. The van der Waals surface area contributed by atoms with Crippen molar-refractivity contribution in [1.29, 1.82) is 0 Å². The Balaban J connectivity index is 1.39. The van der Waals surface area contributed by atoms with Gasteiger partial charge in [0, 0.05) is 52.3 Å². The van der Waals surface area contributed by atoms with Gasteiger partial charge in [0.15, 0.2) is 0 Å². The van der Waals surface area contributed by atoms with Crippen molar-refractivity contribution in [2.24, 2.45) is 0 Å². The molecular weight excluding hydrogens is 416 g/mol. The highest BCUT2D eigenvalue weighted by Crippen LogP contribution is 2.30. The molecule has 156 valence electrons. The van der Waals surface area contributed by atoms with E-state index in [0.29, 0.717) is 35.1 Å². The largest absolute Gasteiger partial charge is 0.478 e. The molecule has 0 saturated heterocycles. The summed E-state index contributed by atoms with van der Waals surface area (Å²) in [6, 6.07) is 12.8. The number of carbonyl (C=O) groups is 2. The van der Waals surface area contributed by atoms with Gasteiger partial charge in [0.05, 0.1) is 17.6 Å². The Morgan fingerprint density at radius 1 is 1.16 bits per heavy atom. The number of nitrogens with zero attached hydrogens (tertiary/aromatic N) is 3. The number of carboxylic acids is 1. The standard InChI is InChI=1S/C23H19ClN4O3/c1-13-18(23(30)31)11-25-28(13)16-5-2-14(3-6-16)22(29)27-9-8-21-19(12-27)17-10-15(24)4-7-20(17)26-21/h2-7,10-11,26H,8-9,12H2,1H3,(H,30,31). The molecule has 2 N–H and O–H groups in total. The SMILES string of the molecule is Cc1c(C(=O)O)cnn1-c1ccc(C(=O)N2CCc3[nH]c4ccc(Cl)cc4c3C2)cc1. The second-order valence-corrected chi connectivity index (χ2v) is 8.09. The van der Waals surface area contributed by atoms with Crippen molar-refractivity contribution < 1.29 is 14.7 Å². The summed E-state index contributed by atoms with van der Waals surface area (Å²) in [5.74, 6) is -1.06. The highest BCUT2D eigenvalue weighted by atomic mass is 35.5. The minimum absolute atomic E-state index is 0.0445. The Bertz CT molecular complexity index is 1340. The number of carbonyl (C=O) groups excluding carboxylic acids is 1. The molecule has 3 heterocycles. The van der Waals surface area contributed by atoms with Crippen LogP contribution in [0.2, 0.25) is 5.02 Å². The lowest BCUT2D eigenvalue weighted by atomic mass is 10.0. The van der Waals surface area contributed by atoms with Crippen molar-refractivity contribution in [3.05, 3.63) is 81.8 Å². The summed E-state index contributed by atoms with van der Waals surface area (Å²) in [5.41, 5.74) is 5.27. The van der Waals surface area contributed by atoms with E-state index in [1.165, 1.54) is 6.20 Å². The lowest BCUT2D eigenvalue weighted by Crippen LogP contribution is -2.35. The molecule has 2 aromatic carbocycles. The number of fused-ring (bicyclic) bond motifs is 3. The highest BCUT2D eigenvalue weighted by molar-refractivity contribution is 6.31. The van der Waals surface area contributed by atoms with E-state index >= 15 is 0 Å². The van der Waals surface area contributed by atoms with E-state index in [2.05, 4.69) is 10.1 Å². The minimum Gasteiger partial charge on any atom is -0.478 e. The quantitative estimate of drug-likeness (QED) is 0.505. The Hall–Kier alpha value is -3.58. The van der Waals surface area contributed by atoms with Crippen LogP contribution in [0, 0.1) is 6.92 Å². The van der Waals surface area contributed by atoms with Crippen LogP contribution in [0.3, 0.4) is 0 Å². The van der Waals surface area contributed by atoms with Gasteiger partial charge in [-0.25, -0.2) is 9.48 Å². The summed E-state index contributed by atoms with van der Waals surface area (Å²) >= 11 is 6.17. The zero-order valence-electron chi connectivity index (χ0n) is 16.7. The van der Waals surface area contributed by atoms with Crippen LogP contribution in [0.15, 0.2) is 48.7 Å². The zero-order valence-corrected chi connectivity index (χ0v) is 17.5. The number of nitrogens with one attached hydrogen (secondary N) is 1. The van der Waals surface area contributed by atoms with E-state index < -0.39 is 5.97 Å². The number of hydrogen-bond acceptors (Lipinski definition) is 3. The molecule has 5 rings (SSSR count). The van der Waals surface area contributed by atoms with Crippen LogP contribution in [0.4, 0.5) is 0 Å². The van der Waals surface area contributed by atoms with Gasteiger partial charge in [-0.1, -0.05) is 11.6 Å². The molecule has 0 saturated carbocycles. The molecule has 4 aromatic rings. The fourth-order valence-electron chi connectivity index (χ4n) is 4.17. The van der Waals surface area contributed by atoms with Gasteiger partial charge in [-0.3, -0.25) is 4.79 Å². The fraction of sp³-hybridized carbons (Fsp3) is 0.174. The molecular formula is C23H19ClN4O3. The van der Waals surface area contributed by atoms with Crippen molar-refractivity contribution in [2.75, 3.05) is 6.54 Å².